The van der Waals surface area contributed by atoms with E-state index in [4.69, 9.17) is 10.5 Å². The Morgan fingerprint density at radius 1 is 1.19 bits per heavy atom. The normalized spacial score (nSPS) is 23.9. The number of hydrogen-bond acceptors (Lipinski definition) is 3. The first-order chi connectivity index (χ1) is 10.1. The molecule has 0 radical (unpaired) electrons. The molecule has 0 aromatic heterocycles. The second-order valence-corrected chi connectivity index (χ2v) is 5.78. The lowest BCUT2D eigenvalue weighted by atomic mass is 9.89. The van der Waals surface area contributed by atoms with Crippen molar-refractivity contribution in [2.24, 2.45) is 5.73 Å². The molecule has 0 amide bonds. The number of benzene rings is 2. The second-order valence-electron chi connectivity index (χ2n) is 5.78. The molecule has 21 heavy (non-hydrogen) atoms. The number of rotatable bonds is 4. The van der Waals surface area contributed by atoms with Gasteiger partial charge in [-0.1, -0.05) is 36.4 Å². The molecule has 1 aliphatic rings. The van der Waals surface area contributed by atoms with Gasteiger partial charge < -0.3 is 15.6 Å². The third-order valence-electron chi connectivity index (χ3n) is 4.41. The summed E-state index contributed by atoms with van der Waals surface area (Å²) in [5.41, 5.74) is 8.61. The van der Waals surface area contributed by atoms with Gasteiger partial charge in [0, 0.05) is 6.04 Å². The molecule has 0 aliphatic heterocycles. The molecule has 0 fully saturated rings. The zero-order valence-electron chi connectivity index (χ0n) is 12.3. The van der Waals surface area contributed by atoms with Crippen molar-refractivity contribution in [3.8, 4) is 5.75 Å². The second kappa shape index (κ2) is 5.51. The SMILES string of the molecule is COc1ccc(CCC2(O)CC(N)c3ccccc32)cc1. The fourth-order valence-corrected chi connectivity index (χ4v) is 3.21. The van der Waals surface area contributed by atoms with Crippen molar-refractivity contribution < 1.29 is 9.84 Å². The zero-order valence-corrected chi connectivity index (χ0v) is 12.3. The molecule has 1 aliphatic carbocycles. The van der Waals surface area contributed by atoms with E-state index < -0.39 is 5.60 Å². The van der Waals surface area contributed by atoms with E-state index in [2.05, 4.69) is 0 Å². The lowest BCUT2D eigenvalue weighted by Gasteiger charge is -2.24. The molecule has 2 aromatic rings. The maximum absolute atomic E-state index is 11.0. The van der Waals surface area contributed by atoms with Crippen LogP contribution in [0, 0.1) is 0 Å². The van der Waals surface area contributed by atoms with Crippen molar-refractivity contribution in [2.75, 3.05) is 7.11 Å². The first-order valence-electron chi connectivity index (χ1n) is 7.33. The van der Waals surface area contributed by atoms with Crippen molar-refractivity contribution in [3.63, 3.8) is 0 Å². The summed E-state index contributed by atoms with van der Waals surface area (Å²) in [5, 5.41) is 11.0. The van der Waals surface area contributed by atoms with Crippen LogP contribution in [0.5, 0.6) is 5.75 Å². The number of fused-ring (bicyclic) bond motifs is 1. The molecule has 0 bridgehead atoms. The molecular formula is C18H21NO2. The number of methoxy groups -OCH3 is 1. The third kappa shape index (κ3) is 2.67. The van der Waals surface area contributed by atoms with Gasteiger partial charge in [0.05, 0.1) is 12.7 Å². The largest absolute Gasteiger partial charge is 0.497 e. The highest BCUT2D eigenvalue weighted by molar-refractivity contribution is 5.40. The minimum absolute atomic E-state index is 0.0675. The summed E-state index contributed by atoms with van der Waals surface area (Å²) in [6.45, 7) is 0. The molecular weight excluding hydrogens is 262 g/mol. The highest BCUT2D eigenvalue weighted by Gasteiger charge is 2.40. The van der Waals surface area contributed by atoms with Crippen LogP contribution in [0.3, 0.4) is 0 Å². The zero-order chi connectivity index (χ0) is 14.9. The summed E-state index contributed by atoms with van der Waals surface area (Å²) in [5.74, 6) is 0.852. The number of ether oxygens (including phenoxy) is 1. The summed E-state index contributed by atoms with van der Waals surface area (Å²) in [6, 6.07) is 15.9. The van der Waals surface area contributed by atoms with E-state index in [0.29, 0.717) is 12.8 Å². The average Bonchev–Trinajstić information content (AvgIpc) is 2.78. The van der Waals surface area contributed by atoms with E-state index in [1.807, 2.05) is 48.5 Å². The molecule has 110 valence electrons. The Labute approximate surface area is 125 Å². The van der Waals surface area contributed by atoms with Crippen LogP contribution in [0.4, 0.5) is 0 Å². The molecule has 2 aromatic carbocycles. The minimum atomic E-state index is -0.810. The predicted octanol–water partition coefficient (Wildman–Crippen LogP) is 2.92. The van der Waals surface area contributed by atoms with E-state index in [-0.39, 0.29) is 6.04 Å². The molecule has 0 saturated carbocycles. The van der Waals surface area contributed by atoms with Gasteiger partial charge in [0.15, 0.2) is 0 Å². The summed E-state index contributed by atoms with van der Waals surface area (Å²) < 4.78 is 5.16. The lowest BCUT2D eigenvalue weighted by Crippen LogP contribution is -2.24. The molecule has 3 N–H and O–H groups in total. The van der Waals surface area contributed by atoms with Crippen molar-refractivity contribution in [1.29, 1.82) is 0 Å². The fourth-order valence-electron chi connectivity index (χ4n) is 3.21. The van der Waals surface area contributed by atoms with Crippen LogP contribution < -0.4 is 10.5 Å². The summed E-state index contributed by atoms with van der Waals surface area (Å²) in [4.78, 5) is 0. The van der Waals surface area contributed by atoms with Crippen LogP contribution in [0.25, 0.3) is 0 Å². The maximum atomic E-state index is 11.0. The van der Waals surface area contributed by atoms with Gasteiger partial charge in [0.2, 0.25) is 0 Å². The van der Waals surface area contributed by atoms with Gasteiger partial charge >= 0.3 is 0 Å². The monoisotopic (exact) mass is 283 g/mol. The Hall–Kier alpha value is -1.84. The number of aryl methyl sites for hydroxylation is 1. The molecule has 0 heterocycles. The summed E-state index contributed by atoms with van der Waals surface area (Å²) >= 11 is 0. The molecule has 0 saturated heterocycles. The van der Waals surface area contributed by atoms with E-state index in [0.717, 1.165) is 23.3 Å². The number of aliphatic hydroxyl groups is 1. The van der Waals surface area contributed by atoms with Gasteiger partial charge in [-0.25, -0.2) is 0 Å². The fraction of sp³-hybridized carbons (Fsp3) is 0.333. The van der Waals surface area contributed by atoms with Crippen molar-refractivity contribution in [2.45, 2.75) is 30.9 Å². The molecule has 3 nitrogen and oxygen atoms in total. The van der Waals surface area contributed by atoms with Gasteiger partial charge in [-0.05, 0) is 48.1 Å². The maximum Gasteiger partial charge on any atom is 0.118 e. The first-order valence-corrected chi connectivity index (χ1v) is 7.33. The lowest BCUT2D eigenvalue weighted by molar-refractivity contribution is 0.0251. The predicted molar refractivity (Wildman–Crippen MR) is 83.2 cm³/mol. The van der Waals surface area contributed by atoms with Gasteiger partial charge in [-0.15, -0.1) is 0 Å². The minimum Gasteiger partial charge on any atom is -0.497 e. The van der Waals surface area contributed by atoms with E-state index in [1.54, 1.807) is 7.11 Å². The topological polar surface area (TPSA) is 55.5 Å². The van der Waals surface area contributed by atoms with Gasteiger partial charge in [0.1, 0.15) is 5.75 Å². The average molecular weight is 283 g/mol. The summed E-state index contributed by atoms with van der Waals surface area (Å²) in [7, 11) is 1.66. The smallest absolute Gasteiger partial charge is 0.118 e. The molecule has 0 spiro atoms. The van der Waals surface area contributed by atoms with Gasteiger partial charge in [-0.3, -0.25) is 0 Å². The molecule has 3 rings (SSSR count). The van der Waals surface area contributed by atoms with Crippen molar-refractivity contribution >= 4 is 0 Å². The van der Waals surface area contributed by atoms with Gasteiger partial charge in [0.25, 0.3) is 0 Å². The van der Waals surface area contributed by atoms with Crippen LogP contribution in [-0.2, 0) is 12.0 Å². The van der Waals surface area contributed by atoms with Crippen molar-refractivity contribution in [1.82, 2.24) is 0 Å². The molecule has 2 unspecified atom stereocenters. The standard InChI is InChI=1S/C18H21NO2/c1-21-14-8-6-13(7-9-14)10-11-18(20)12-17(19)15-4-2-3-5-16(15)18/h2-9,17,20H,10-12,19H2,1H3. The van der Waals surface area contributed by atoms with Crippen LogP contribution >= 0.6 is 0 Å². The van der Waals surface area contributed by atoms with E-state index >= 15 is 0 Å². The number of nitrogens with two attached hydrogens (primary N) is 1. The first kappa shape index (κ1) is 14.1. The van der Waals surface area contributed by atoms with Crippen LogP contribution in [0.1, 0.15) is 35.6 Å². The highest BCUT2D eigenvalue weighted by atomic mass is 16.5. The Bertz CT molecular complexity index is 623. The number of hydrogen-bond donors (Lipinski definition) is 2. The van der Waals surface area contributed by atoms with Crippen LogP contribution in [-0.4, -0.2) is 12.2 Å². The van der Waals surface area contributed by atoms with Crippen molar-refractivity contribution in [3.05, 3.63) is 65.2 Å². The summed E-state index contributed by atoms with van der Waals surface area (Å²) in [6.07, 6.45) is 2.11. The molecule has 3 heteroatoms. The Kier molecular flexibility index (Phi) is 3.70. The molecule has 2 atom stereocenters. The third-order valence-corrected chi connectivity index (χ3v) is 4.41. The Morgan fingerprint density at radius 2 is 1.90 bits per heavy atom. The Balaban J connectivity index is 1.75. The van der Waals surface area contributed by atoms with Crippen LogP contribution in [0.15, 0.2) is 48.5 Å². The van der Waals surface area contributed by atoms with E-state index in [1.165, 1.54) is 5.56 Å². The quantitative estimate of drug-likeness (QED) is 0.907. The van der Waals surface area contributed by atoms with Crippen LogP contribution in [0.2, 0.25) is 0 Å². The van der Waals surface area contributed by atoms with Gasteiger partial charge in [-0.2, -0.15) is 0 Å². The van der Waals surface area contributed by atoms with E-state index in [9.17, 15) is 5.11 Å². The Morgan fingerprint density at radius 3 is 2.62 bits per heavy atom. The highest BCUT2D eigenvalue weighted by Crippen LogP contribution is 2.44.